The topological polar surface area (TPSA) is 116 Å². The zero-order chi connectivity index (χ0) is 34.6. The van der Waals surface area contributed by atoms with Crippen LogP contribution in [0.3, 0.4) is 0 Å². The summed E-state index contributed by atoms with van der Waals surface area (Å²) < 4.78 is 5.06. The van der Waals surface area contributed by atoms with E-state index >= 15 is 0 Å². The first-order chi connectivity index (χ1) is 23.6. The molecule has 0 spiro atoms. The standard InChI is InChI=1S/C41H42N4O4/c1-7-26-21(2)31-18-34-30(20-46)23(4)38(44-34)28(14-13-25-11-9-8-10-12-25)39-22(3)27(15-16-36(48)49-6)40(45-39)29-17-35(47)37-24(5)32(43-41(29)37)19-33(26)42-31/h8-14,18-19,22,27,45-47H,7,15-17,20H2,1-6H3/b14-13+,33-19?,34-18?,39-28?,40-29?/t22-,27-/m0/s1. The first kappa shape index (κ1) is 32.5. The van der Waals surface area contributed by atoms with E-state index in [1.165, 1.54) is 7.11 Å². The Hall–Kier alpha value is -5.08. The number of rotatable bonds is 7. The molecule has 0 unspecified atom stereocenters. The number of ether oxygens (including phenoxy) is 1. The van der Waals surface area contributed by atoms with Crippen molar-refractivity contribution in [1.29, 1.82) is 0 Å². The summed E-state index contributed by atoms with van der Waals surface area (Å²) in [5.41, 5.74) is 15.0. The molecule has 8 nitrogen and oxygen atoms in total. The number of carbonyl (C=O) groups is 1. The lowest BCUT2D eigenvalue weighted by atomic mass is 9.84. The fourth-order valence-electron chi connectivity index (χ4n) is 7.85. The van der Waals surface area contributed by atoms with Crippen LogP contribution in [0.4, 0.5) is 0 Å². The van der Waals surface area contributed by atoms with Gasteiger partial charge in [0.05, 0.1) is 47.9 Å². The van der Waals surface area contributed by atoms with Crippen molar-refractivity contribution in [2.75, 3.05) is 13.7 Å². The van der Waals surface area contributed by atoms with E-state index in [0.29, 0.717) is 24.3 Å². The number of carbonyl (C=O) groups excluding carboxylic acids is 1. The molecule has 0 saturated carbocycles. The third kappa shape index (κ3) is 5.44. The van der Waals surface area contributed by atoms with Gasteiger partial charge in [-0.05, 0) is 73.6 Å². The maximum Gasteiger partial charge on any atom is 0.305 e. The lowest BCUT2D eigenvalue weighted by Gasteiger charge is -2.18. The molecule has 1 aromatic rings. The highest BCUT2D eigenvalue weighted by atomic mass is 16.5. The number of nitrogens with one attached hydrogen (secondary N) is 1. The van der Waals surface area contributed by atoms with Crippen molar-refractivity contribution < 1.29 is 19.7 Å². The van der Waals surface area contributed by atoms with E-state index in [1.54, 1.807) is 0 Å². The van der Waals surface area contributed by atoms with Crippen LogP contribution in [0.1, 0.15) is 65.9 Å². The van der Waals surface area contributed by atoms with Crippen LogP contribution in [0, 0.1) is 11.8 Å². The molecule has 8 bridgehead atoms. The average Bonchev–Trinajstić information content (AvgIpc) is 3.86. The van der Waals surface area contributed by atoms with Gasteiger partial charge in [-0.3, -0.25) is 4.79 Å². The van der Waals surface area contributed by atoms with Crippen LogP contribution in [0.15, 0.2) is 142 Å². The minimum absolute atomic E-state index is 0.0408. The van der Waals surface area contributed by atoms with E-state index in [4.69, 9.17) is 19.7 Å². The van der Waals surface area contributed by atoms with E-state index in [2.05, 4.69) is 50.4 Å². The summed E-state index contributed by atoms with van der Waals surface area (Å²) >= 11 is 0. The Morgan fingerprint density at radius 1 is 0.959 bits per heavy atom. The molecule has 6 aliphatic rings. The average molecular weight is 655 g/mol. The third-order valence-electron chi connectivity index (χ3n) is 10.6. The zero-order valence-electron chi connectivity index (χ0n) is 28.9. The van der Waals surface area contributed by atoms with Gasteiger partial charge in [0.1, 0.15) is 5.76 Å². The van der Waals surface area contributed by atoms with Gasteiger partial charge < -0.3 is 20.3 Å². The van der Waals surface area contributed by atoms with Gasteiger partial charge in [-0.25, -0.2) is 15.0 Å². The molecule has 5 heterocycles. The molecule has 0 aromatic heterocycles. The van der Waals surface area contributed by atoms with Crippen molar-refractivity contribution in [3.63, 3.8) is 0 Å². The number of hydrogen-bond acceptors (Lipinski definition) is 8. The molecule has 0 amide bonds. The first-order valence-corrected chi connectivity index (χ1v) is 17.0. The van der Waals surface area contributed by atoms with Crippen LogP contribution >= 0.6 is 0 Å². The highest BCUT2D eigenvalue weighted by Crippen LogP contribution is 2.47. The Bertz CT molecular complexity index is 2070. The molecule has 1 fully saturated rings. The number of allylic oxidation sites excluding steroid dienone is 12. The van der Waals surface area contributed by atoms with Gasteiger partial charge in [-0.15, -0.1) is 0 Å². The van der Waals surface area contributed by atoms with E-state index in [-0.39, 0.29) is 30.8 Å². The monoisotopic (exact) mass is 654 g/mol. The summed E-state index contributed by atoms with van der Waals surface area (Å²) in [5.74, 6) is -0.0778. The van der Waals surface area contributed by atoms with Crippen molar-refractivity contribution in [3.8, 4) is 0 Å². The van der Waals surface area contributed by atoms with Crippen LogP contribution < -0.4 is 5.32 Å². The third-order valence-corrected chi connectivity index (χ3v) is 10.6. The summed E-state index contributed by atoms with van der Waals surface area (Å²) in [4.78, 5) is 27.9. The lowest BCUT2D eigenvalue weighted by molar-refractivity contribution is -0.140. The number of hydrogen-bond donors (Lipinski definition) is 3. The van der Waals surface area contributed by atoms with Crippen LogP contribution in [0.2, 0.25) is 0 Å². The number of aliphatic hydroxyl groups excluding tert-OH is 2. The first-order valence-electron chi connectivity index (χ1n) is 17.0. The van der Waals surface area contributed by atoms with Crippen LogP contribution in [0.25, 0.3) is 6.08 Å². The smallest absolute Gasteiger partial charge is 0.305 e. The highest BCUT2D eigenvalue weighted by molar-refractivity contribution is 6.22. The number of methoxy groups -OCH3 is 1. The minimum Gasteiger partial charge on any atom is -0.511 e. The lowest BCUT2D eigenvalue weighted by Crippen LogP contribution is -2.16. The summed E-state index contributed by atoms with van der Waals surface area (Å²) in [5, 5.41) is 25.9. The van der Waals surface area contributed by atoms with Gasteiger partial charge in [-0.2, -0.15) is 0 Å². The van der Waals surface area contributed by atoms with Gasteiger partial charge in [0, 0.05) is 58.4 Å². The number of aliphatic hydroxyl groups is 2. The summed E-state index contributed by atoms with van der Waals surface area (Å²) in [7, 11) is 1.42. The van der Waals surface area contributed by atoms with Crippen molar-refractivity contribution in [3.05, 3.63) is 133 Å². The fourth-order valence-corrected chi connectivity index (χ4v) is 7.85. The molecule has 8 heteroatoms. The number of aliphatic imine (C=N–C) groups is 3. The second-order valence-corrected chi connectivity index (χ2v) is 13.3. The quantitative estimate of drug-likeness (QED) is 0.261. The molecule has 3 N–H and O–H groups in total. The highest BCUT2D eigenvalue weighted by Gasteiger charge is 2.42. The number of benzene rings is 1. The molecule has 7 rings (SSSR count). The molecule has 1 saturated heterocycles. The molecule has 250 valence electrons. The molecule has 5 aliphatic heterocycles. The Morgan fingerprint density at radius 3 is 2.43 bits per heavy atom. The number of nitrogens with zero attached hydrogens (tertiary/aromatic N) is 3. The minimum atomic E-state index is -0.262. The van der Waals surface area contributed by atoms with E-state index in [9.17, 15) is 15.0 Å². The molecule has 49 heavy (non-hydrogen) atoms. The van der Waals surface area contributed by atoms with Gasteiger partial charge in [0.25, 0.3) is 0 Å². The second-order valence-electron chi connectivity index (χ2n) is 13.3. The SMILES string of the molecule is CCC1=C(C)C2=NC1=CC1=C(C)C3=C(O)CC(=C4NC(=C(/C=C/c5ccccc5)C5=NC(=C2)C(CO)=C5C)[C@@H](C)[C@@H]4CCC(=O)OC)C3=N1. The normalized spacial score (nSPS) is 23.2. The molecule has 1 aromatic carbocycles. The van der Waals surface area contributed by atoms with Gasteiger partial charge in [0.2, 0.25) is 0 Å². The Kier molecular flexibility index (Phi) is 8.45. The molecule has 0 radical (unpaired) electrons. The molecule has 1 aliphatic carbocycles. The van der Waals surface area contributed by atoms with Crippen molar-refractivity contribution in [2.45, 2.75) is 60.3 Å². The molecular weight excluding hydrogens is 612 g/mol. The predicted molar refractivity (Wildman–Crippen MR) is 195 cm³/mol. The Labute approximate surface area is 287 Å². The predicted octanol–water partition coefficient (Wildman–Crippen LogP) is 7.69. The number of esters is 1. The molecular formula is C41H42N4O4. The second kappa shape index (κ2) is 12.7. The van der Waals surface area contributed by atoms with E-state index in [0.717, 1.165) is 96.5 Å². The Balaban J connectivity index is 1.52. The van der Waals surface area contributed by atoms with Gasteiger partial charge >= 0.3 is 5.97 Å². The largest absolute Gasteiger partial charge is 0.511 e. The van der Waals surface area contributed by atoms with Crippen LogP contribution in [-0.4, -0.2) is 47.0 Å². The maximum absolute atomic E-state index is 12.5. The zero-order valence-corrected chi connectivity index (χ0v) is 28.9. The van der Waals surface area contributed by atoms with E-state index < -0.39 is 0 Å². The van der Waals surface area contributed by atoms with Crippen molar-refractivity contribution in [2.24, 2.45) is 26.8 Å². The summed E-state index contributed by atoms with van der Waals surface area (Å²) in [6.07, 6.45) is 10.2. The van der Waals surface area contributed by atoms with Crippen molar-refractivity contribution >= 4 is 29.2 Å². The van der Waals surface area contributed by atoms with Crippen molar-refractivity contribution in [1.82, 2.24) is 5.32 Å². The Morgan fingerprint density at radius 2 is 1.71 bits per heavy atom. The number of fused-ring (bicyclic) bond motifs is 5. The summed E-state index contributed by atoms with van der Waals surface area (Å²) in [6.45, 7) is 10.2. The van der Waals surface area contributed by atoms with Crippen LogP contribution in [0.5, 0.6) is 0 Å². The summed E-state index contributed by atoms with van der Waals surface area (Å²) in [6, 6.07) is 10.1. The van der Waals surface area contributed by atoms with Crippen LogP contribution in [-0.2, 0) is 9.53 Å². The van der Waals surface area contributed by atoms with Gasteiger partial charge in [0.15, 0.2) is 0 Å². The molecule has 2 atom stereocenters. The van der Waals surface area contributed by atoms with Gasteiger partial charge in [-0.1, -0.05) is 56.3 Å². The maximum atomic E-state index is 12.5. The fraction of sp³-hybridized carbons (Fsp3) is 0.317. The van der Waals surface area contributed by atoms with E-state index in [1.807, 2.05) is 44.2 Å².